The molecule has 0 unspecified atom stereocenters. The van der Waals surface area contributed by atoms with Crippen LogP contribution in [0.3, 0.4) is 0 Å². The zero-order valence-electron chi connectivity index (χ0n) is 17.0. The Morgan fingerprint density at radius 2 is 2.13 bits per heavy atom. The summed E-state index contributed by atoms with van der Waals surface area (Å²) in [5.41, 5.74) is 2.17. The average Bonchev–Trinajstić information content (AvgIpc) is 3.43. The summed E-state index contributed by atoms with van der Waals surface area (Å²) in [4.78, 5) is 15.1. The van der Waals surface area contributed by atoms with E-state index in [1.807, 2.05) is 56.2 Å². The summed E-state index contributed by atoms with van der Waals surface area (Å²) in [6.07, 6.45) is 3.47. The van der Waals surface area contributed by atoms with Crippen LogP contribution in [-0.4, -0.2) is 51.4 Å². The minimum Gasteiger partial charge on any atom is -0.451 e. The summed E-state index contributed by atoms with van der Waals surface area (Å²) in [7, 11) is 4.02. The minimum absolute atomic E-state index is 0.289. The minimum atomic E-state index is -0.289. The van der Waals surface area contributed by atoms with Crippen LogP contribution in [0, 0.1) is 6.92 Å². The zero-order valence-corrected chi connectivity index (χ0v) is 18.6. The molecule has 8 nitrogen and oxygen atoms in total. The molecule has 1 aromatic carbocycles. The molecular weight excluding hydrogens is 420 g/mol. The highest BCUT2D eigenvalue weighted by molar-refractivity contribution is 8.00. The van der Waals surface area contributed by atoms with Crippen molar-refractivity contribution in [3.05, 3.63) is 53.0 Å². The second-order valence-electron chi connectivity index (χ2n) is 7.03. The second kappa shape index (κ2) is 8.99. The van der Waals surface area contributed by atoms with Crippen LogP contribution in [0.25, 0.3) is 11.0 Å². The Balaban J connectivity index is 1.54. The number of likely N-dealkylation sites (N-methyl/N-ethyl adjacent to an activating group) is 1. The highest BCUT2D eigenvalue weighted by Crippen LogP contribution is 2.33. The highest BCUT2D eigenvalue weighted by atomic mass is 32.2. The number of furan rings is 1. The highest BCUT2D eigenvalue weighted by Gasteiger charge is 2.21. The van der Waals surface area contributed by atoms with Crippen molar-refractivity contribution in [3.63, 3.8) is 0 Å². The van der Waals surface area contributed by atoms with Crippen LogP contribution in [-0.2, 0) is 12.3 Å². The lowest BCUT2D eigenvalue weighted by molar-refractivity contribution is 0.0998. The Kier molecular flexibility index (Phi) is 6.16. The fraction of sp³-hybridized carbons (Fsp3) is 0.300. The number of benzene rings is 1. The van der Waals surface area contributed by atoms with Gasteiger partial charge in [-0.05, 0) is 27.1 Å². The first kappa shape index (κ1) is 20.6. The lowest BCUT2D eigenvalue weighted by Gasteiger charge is -2.08. The van der Waals surface area contributed by atoms with Gasteiger partial charge in [-0.15, -0.1) is 10.2 Å². The molecular formula is C20H22N6O2S2. The molecule has 0 saturated carbocycles. The first-order valence-corrected chi connectivity index (χ1v) is 11.2. The van der Waals surface area contributed by atoms with Crippen molar-refractivity contribution in [2.75, 3.05) is 26.0 Å². The predicted octanol–water partition coefficient (Wildman–Crippen LogP) is 3.90. The van der Waals surface area contributed by atoms with Crippen molar-refractivity contribution in [1.29, 1.82) is 0 Å². The van der Waals surface area contributed by atoms with E-state index in [9.17, 15) is 4.79 Å². The largest absolute Gasteiger partial charge is 0.451 e. The summed E-state index contributed by atoms with van der Waals surface area (Å²) in [5.74, 6) is 0.588. The smallest absolute Gasteiger partial charge is 0.291 e. The molecule has 0 aliphatic heterocycles. The molecule has 0 radical (unpaired) electrons. The summed E-state index contributed by atoms with van der Waals surface area (Å²) >= 11 is 3.09. The molecule has 3 aromatic heterocycles. The zero-order chi connectivity index (χ0) is 21.1. The van der Waals surface area contributed by atoms with Crippen LogP contribution in [0.5, 0.6) is 0 Å². The maximum Gasteiger partial charge on any atom is 0.291 e. The third-order valence-electron chi connectivity index (χ3n) is 4.42. The number of rotatable bonds is 8. The van der Waals surface area contributed by atoms with Crippen LogP contribution in [0.15, 0.2) is 45.4 Å². The van der Waals surface area contributed by atoms with Gasteiger partial charge in [0, 0.05) is 29.4 Å². The predicted molar refractivity (Wildman–Crippen MR) is 119 cm³/mol. The summed E-state index contributed by atoms with van der Waals surface area (Å²) in [6.45, 7) is 3.54. The van der Waals surface area contributed by atoms with E-state index >= 15 is 0 Å². The number of carbonyl (C=O) groups is 1. The van der Waals surface area contributed by atoms with Crippen LogP contribution in [0.4, 0.5) is 5.69 Å². The van der Waals surface area contributed by atoms with Crippen molar-refractivity contribution >= 4 is 45.7 Å². The Bertz CT molecular complexity index is 1160. The standard InChI is InChI=1S/C20H22N6O2S2/c1-13-23-24-20(30-13)29-12-16-15-6-4-5-7-17(15)28-18(16)19(27)22-14-10-21-26(11-14)9-8-25(2)3/h4-7,10-11H,8-9,12H2,1-3H3,(H,22,27). The number of thioether (sulfide) groups is 1. The van der Waals surface area contributed by atoms with E-state index in [0.29, 0.717) is 22.8 Å². The second-order valence-corrected chi connectivity index (χ2v) is 9.44. The van der Waals surface area contributed by atoms with Gasteiger partial charge >= 0.3 is 0 Å². The lowest BCUT2D eigenvalue weighted by atomic mass is 10.1. The first-order valence-electron chi connectivity index (χ1n) is 9.41. The number of hydrogen-bond donors (Lipinski definition) is 1. The Morgan fingerprint density at radius 1 is 1.30 bits per heavy atom. The lowest BCUT2D eigenvalue weighted by Crippen LogP contribution is -2.18. The molecule has 3 heterocycles. The van der Waals surface area contributed by atoms with E-state index in [0.717, 1.165) is 33.4 Å². The van der Waals surface area contributed by atoms with E-state index in [2.05, 4.69) is 25.5 Å². The van der Waals surface area contributed by atoms with Gasteiger partial charge in [0.05, 0.1) is 18.4 Å². The fourth-order valence-corrected chi connectivity index (χ4v) is 4.78. The van der Waals surface area contributed by atoms with Crippen molar-refractivity contribution in [1.82, 2.24) is 24.9 Å². The fourth-order valence-electron chi connectivity index (χ4n) is 2.94. The molecule has 4 rings (SSSR count). The SMILES string of the molecule is Cc1nnc(SCc2c(C(=O)Nc3cnn(CCN(C)C)c3)oc3ccccc23)s1. The Hall–Kier alpha value is -2.69. The Morgan fingerprint density at radius 3 is 2.90 bits per heavy atom. The van der Waals surface area contributed by atoms with Crippen LogP contribution >= 0.6 is 23.1 Å². The molecule has 0 saturated heterocycles. The Labute approximate surface area is 182 Å². The van der Waals surface area contributed by atoms with Crippen molar-refractivity contribution < 1.29 is 9.21 Å². The monoisotopic (exact) mass is 442 g/mol. The van der Waals surface area contributed by atoms with Crippen LogP contribution < -0.4 is 5.32 Å². The molecule has 0 aliphatic rings. The number of nitrogens with zero attached hydrogens (tertiary/aromatic N) is 5. The normalized spacial score (nSPS) is 11.5. The van der Waals surface area contributed by atoms with Crippen LogP contribution in [0.2, 0.25) is 0 Å². The summed E-state index contributed by atoms with van der Waals surface area (Å²) in [5, 5.41) is 17.3. The van der Waals surface area contributed by atoms with Gasteiger partial charge in [0.15, 0.2) is 10.1 Å². The molecule has 0 atom stereocenters. The molecule has 30 heavy (non-hydrogen) atoms. The molecule has 10 heteroatoms. The summed E-state index contributed by atoms with van der Waals surface area (Å²) in [6, 6.07) is 7.68. The van der Waals surface area contributed by atoms with Gasteiger partial charge in [0.2, 0.25) is 0 Å². The molecule has 4 aromatic rings. The van der Waals surface area contributed by atoms with E-state index in [1.54, 1.807) is 18.0 Å². The molecule has 0 spiro atoms. The summed E-state index contributed by atoms with van der Waals surface area (Å²) < 4.78 is 8.60. The van der Waals surface area contributed by atoms with Crippen molar-refractivity contribution in [2.45, 2.75) is 23.6 Å². The number of aryl methyl sites for hydroxylation is 1. The van der Waals surface area contributed by atoms with Gasteiger partial charge in [-0.25, -0.2) is 0 Å². The van der Waals surface area contributed by atoms with Gasteiger partial charge < -0.3 is 14.6 Å². The average molecular weight is 443 g/mol. The van der Waals surface area contributed by atoms with Gasteiger partial charge in [-0.1, -0.05) is 41.3 Å². The number of amides is 1. The molecule has 156 valence electrons. The third kappa shape index (κ3) is 4.72. The number of aromatic nitrogens is 4. The topological polar surface area (TPSA) is 89.1 Å². The molecule has 1 amide bonds. The van der Waals surface area contributed by atoms with Crippen molar-refractivity contribution in [3.8, 4) is 0 Å². The number of para-hydroxylation sites is 1. The molecule has 0 bridgehead atoms. The molecule has 0 aliphatic carbocycles. The molecule has 0 fully saturated rings. The maximum absolute atomic E-state index is 13.0. The molecule has 1 N–H and O–H groups in total. The van der Waals surface area contributed by atoms with E-state index < -0.39 is 0 Å². The number of hydrogen-bond acceptors (Lipinski definition) is 8. The maximum atomic E-state index is 13.0. The van der Waals surface area contributed by atoms with Crippen molar-refractivity contribution in [2.24, 2.45) is 0 Å². The first-order chi connectivity index (χ1) is 14.5. The van der Waals surface area contributed by atoms with Crippen LogP contribution in [0.1, 0.15) is 21.1 Å². The van der Waals surface area contributed by atoms with Gasteiger partial charge in [0.1, 0.15) is 10.6 Å². The van der Waals surface area contributed by atoms with E-state index in [-0.39, 0.29) is 5.91 Å². The number of anilines is 1. The van der Waals surface area contributed by atoms with E-state index in [1.165, 1.54) is 11.3 Å². The number of carbonyl (C=O) groups excluding carboxylic acids is 1. The number of nitrogens with one attached hydrogen (secondary N) is 1. The number of fused-ring (bicyclic) bond motifs is 1. The van der Waals surface area contributed by atoms with Gasteiger partial charge in [-0.3, -0.25) is 9.48 Å². The van der Waals surface area contributed by atoms with Gasteiger partial charge in [-0.2, -0.15) is 5.10 Å². The van der Waals surface area contributed by atoms with E-state index in [4.69, 9.17) is 4.42 Å². The quantitative estimate of drug-likeness (QED) is 0.414. The third-order valence-corrected chi connectivity index (χ3v) is 6.42. The van der Waals surface area contributed by atoms with Gasteiger partial charge in [0.25, 0.3) is 5.91 Å².